The largest absolute Gasteiger partial charge is 0.442 e. The highest BCUT2D eigenvalue weighted by atomic mass is 16.5. The summed E-state index contributed by atoms with van der Waals surface area (Å²) in [5.74, 6) is 0.166. The monoisotopic (exact) mass is 204 g/mol. The van der Waals surface area contributed by atoms with E-state index < -0.39 is 5.76 Å². The average molecular weight is 204 g/mol. The van der Waals surface area contributed by atoms with E-state index in [0.717, 1.165) is 5.56 Å². The van der Waals surface area contributed by atoms with Crippen LogP contribution in [0.2, 0.25) is 0 Å². The Kier molecular flexibility index (Phi) is 2.41. The molecule has 0 unspecified atom stereocenters. The third kappa shape index (κ3) is 1.70. The van der Waals surface area contributed by atoms with E-state index in [1.54, 1.807) is 0 Å². The van der Waals surface area contributed by atoms with E-state index in [4.69, 9.17) is 0 Å². The van der Waals surface area contributed by atoms with Crippen LogP contribution in [-0.2, 0) is 0 Å². The Bertz CT molecular complexity index is 497. The average Bonchev–Trinajstić information content (AvgIpc) is 2.61. The van der Waals surface area contributed by atoms with Crippen LogP contribution >= 0.6 is 0 Å². The second kappa shape index (κ2) is 3.73. The van der Waals surface area contributed by atoms with Gasteiger partial charge in [-0.15, -0.1) is 0 Å². The molecule has 1 heterocycles. The molecule has 0 fully saturated rings. The Morgan fingerprint density at radius 2 is 1.93 bits per heavy atom. The molecule has 0 spiro atoms. The van der Waals surface area contributed by atoms with Gasteiger partial charge in [0.05, 0.1) is 0 Å². The number of benzene rings is 1. The standard InChI is InChI=1S/C11H12N2O2/c1-8(2)13-10(12-15-11(13)14)9-6-4-3-5-7-9/h3-8H,1-2H3. The van der Waals surface area contributed by atoms with Crippen molar-refractivity contribution in [2.24, 2.45) is 0 Å². The van der Waals surface area contributed by atoms with E-state index in [1.807, 2.05) is 44.2 Å². The SMILES string of the molecule is CC(C)n1c(-c2ccccc2)noc1=O. The highest BCUT2D eigenvalue weighted by Gasteiger charge is 2.14. The molecule has 2 rings (SSSR count). The third-order valence-corrected chi connectivity index (χ3v) is 2.18. The van der Waals surface area contributed by atoms with Crippen LogP contribution in [0.15, 0.2) is 39.6 Å². The number of hydrogen-bond acceptors (Lipinski definition) is 3. The third-order valence-electron chi connectivity index (χ3n) is 2.18. The maximum Gasteiger partial charge on any atom is 0.442 e. The number of nitrogens with zero attached hydrogens (tertiary/aromatic N) is 2. The zero-order valence-corrected chi connectivity index (χ0v) is 8.68. The van der Waals surface area contributed by atoms with Crippen molar-refractivity contribution < 1.29 is 4.52 Å². The molecule has 1 aromatic carbocycles. The molecule has 0 saturated heterocycles. The van der Waals surface area contributed by atoms with Crippen molar-refractivity contribution in [1.82, 2.24) is 9.72 Å². The van der Waals surface area contributed by atoms with E-state index in [9.17, 15) is 4.79 Å². The molecule has 0 radical (unpaired) electrons. The van der Waals surface area contributed by atoms with Gasteiger partial charge >= 0.3 is 5.76 Å². The van der Waals surface area contributed by atoms with Crippen molar-refractivity contribution >= 4 is 0 Å². The smallest absolute Gasteiger partial charge is 0.295 e. The van der Waals surface area contributed by atoms with Crippen LogP contribution in [0.5, 0.6) is 0 Å². The first-order valence-electron chi connectivity index (χ1n) is 4.84. The van der Waals surface area contributed by atoms with Gasteiger partial charge in [-0.05, 0) is 13.8 Å². The minimum atomic E-state index is -0.413. The van der Waals surface area contributed by atoms with Crippen molar-refractivity contribution in [3.05, 3.63) is 40.9 Å². The Balaban J connectivity index is 2.59. The minimum Gasteiger partial charge on any atom is -0.295 e. The maximum absolute atomic E-state index is 11.4. The molecule has 78 valence electrons. The first kappa shape index (κ1) is 9.71. The molecule has 0 N–H and O–H groups in total. The lowest BCUT2D eigenvalue weighted by Crippen LogP contribution is -2.17. The fourth-order valence-electron chi connectivity index (χ4n) is 1.49. The summed E-state index contributed by atoms with van der Waals surface area (Å²) < 4.78 is 6.21. The normalized spacial score (nSPS) is 10.9. The molecule has 0 bridgehead atoms. The molecule has 4 heteroatoms. The molecule has 4 nitrogen and oxygen atoms in total. The summed E-state index contributed by atoms with van der Waals surface area (Å²) in [6.45, 7) is 3.84. The quantitative estimate of drug-likeness (QED) is 0.752. The zero-order chi connectivity index (χ0) is 10.8. The van der Waals surface area contributed by atoms with Crippen molar-refractivity contribution in [2.45, 2.75) is 19.9 Å². The van der Waals surface area contributed by atoms with Gasteiger partial charge in [-0.3, -0.25) is 9.09 Å². The van der Waals surface area contributed by atoms with Gasteiger partial charge in [0.1, 0.15) is 0 Å². The summed E-state index contributed by atoms with van der Waals surface area (Å²) in [5.41, 5.74) is 0.886. The molecular formula is C11H12N2O2. The van der Waals surface area contributed by atoms with Gasteiger partial charge < -0.3 is 0 Å². The summed E-state index contributed by atoms with van der Waals surface area (Å²) in [6, 6.07) is 9.56. The van der Waals surface area contributed by atoms with E-state index in [-0.39, 0.29) is 6.04 Å². The van der Waals surface area contributed by atoms with Gasteiger partial charge in [-0.25, -0.2) is 4.79 Å². The van der Waals surface area contributed by atoms with Crippen LogP contribution < -0.4 is 5.76 Å². The maximum atomic E-state index is 11.4. The minimum absolute atomic E-state index is 0.0407. The molecule has 2 aromatic rings. The lowest BCUT2D eigenvalue weighted by Gasteiger charge is -2.06. The summed E-state index contributed by atoms with van der Waals surface area (Å²) in [7, 11) is 0. The fourth-order valence-corrected chi connectivity index (χ4v) is 1.49. The molecule has 0 aliphatic heterocycles. The topological polar surface area (TPSA) is 48.0 Å². The lowest BCUT2D eigenvalue weighted by atomic mass is 10.2. The summed E-state index contributed by atoms with van der Waals surface area (Å²) in [4.78, 5) is 11.4. The molecule has 0 aliphatic carbocycles. The predicted octanol–water partition coefficient (Wildman–Crippen LogP) is 2.08. The second-order valence-electron chi connectivity index (χ2n) is 3.60. The number of rotatable bonds is 2. The molecule has 0 saturated carbocycles. The van der Waals surface area contributed by atoms with Crippen LogP contribution in [0.3, 0.4) is 0 Å². The van der Waals surface area contributed by atoms with Crippen LogP contribution in [-0.4, -0.2) is 9.72 Å². The van der Waals surface area contributed by atoms with Gasteiger partial charge in [0.25, 0.3) is 0 Å². The Hall–Kier alpha value is -1.84. The first-order valence-corrected chi connectivity index (χ1v) is 4.84. The molecule has 1 aromatic heterocycles. The summed E-state index contributed by atoms with van der Waals surface area (Å²) >= 11 is 0. The molecular weight excluding hydrogens is 192 g/mol. The van der Waals surface area contributed by atoms with Crippen LogP contribution in [0.1, 0.15) is 19.9 Å². The molecule has 0 aliphatic rings. The van der Waals surface area contributed by atoms with E-state index in [1.165, 1.54) is 4.57 Å². The van der Waals surface area contributed by atoms with Gasteiger partial charge in [-0.1, -0.05) is 35.5 Å². The van der Waals surface area contributed by atoms with Gasteiger partial charge in [-0.2, -0.15) is 0 Å². The number of aromatic nitrogens is 2. The highest BCUT2D eigenvalue weighted by molar-refractivity contribution is 5.54. The molecule has 0 atom stereocenters. The number of hydrogen-bond donors (Lipinski definition) is 0. The zero-order valence-electron chi connectivity index (χ0n) is 8.68. The molecule has 15 heavy (non-hydrogen) atoms. The van der Waals surface area contributed by atoms with Gasteiger partial charge in [0.15, 0.2) is 5.82 Å². The lowest BCUT2D eigenvalue weighted by molar-refractivity contribution is 0.370. The Labute approximate surface area is 87.1 Å². The van der Waals surface area contributed by atoms with Crippen molar-refractivity contribution in [3.63, 3.8) is 0 Å². The first-order chi connectivity index (χ1) is 7.20. The Morgan fingerprint density at radius 1 is 1.27 bits per heavy atom. The van der Waals surface area contributed by atoms with Crippen molar-refractivity contribution in [1.29, 1.82) is 0 Å². The van der Waals surface area contributed by atoms with Crippen molar-refractivity contribution in [2.75, 3.05) is 0 Å². The van der Waals surface area contributed by atoms with E-state index >= 15 is 0 Å². The van der Waals surface area contributed by atoms with Crippen LogP contribution in [0, 0.1) is 0 Å². The van der Waals surface area contributed by atoms with Crippen LogP contribution in [0.25, 0.3) is 11.4 Å². The van der Waals surface area contributed by atoms with E-state index in [0.29, 0.717) is 5.82 Å². The van der Waals surface area contributed by atoms with Gasteiger partial charge in [0, 0.05) is 11.6 Å². The Morgan fingerprint density at radius 3 is 2.53 bits per heavy atom. The van der Waals surface area contributed by atoms with Crippen molar-refractivity contribution in [3.8, 4) is 11.4 Å². The fraction of sp³-hybridized carbons (Fsp3) is 0.273. The summed E-state index contributed by atoms with van der Waals surface area (Å²) in [5, 5.41) is 3.78. The van der Waals surface area contributed by atoms with Crippen LogP contribution in [0.4, 0.5) is 0 Å². The second-order valence-corrected chi connectivity index (χ2v) is 3.60. The summed E-state index contributed by atoms with van der Waals surface area (Å²) in [6.07, 6.45) is 0. The van der Waals surface area contributed by atoms with E-state index in [2.05, 4.69) is 9.68 Å². The van der Waals surface area contributed by atoms with Gasteiger partial charge in [0.2, 0.25) is 0 Å². The predicted molar refractivity (Wildman–Crippen MR) is 56.6 cm³/mol. The molecule has 0 amide bonds. The highest BCUT2D eigenvalue weighted by Crippen LogP contribution is 2.17.